The second-order valence-corrected chi connectivity index (χ2v) is 5.24. The topological polar surface area (TPSA) is 34.2 Å². The van der Waals surface area contributed by atoms with Gasteiger partial charge < -0.3 is 10.1 Å². The zero-order chi connectivity index (χ0) is 13.5. The molecule has 0 saturated carbocycles. The van der Waals surface area contributed by atoms with E-state index in [9.17, 15) is 0 Å². The lowest BCUT2D eigenvalue weighted by atomic mass is 10.0. The van der Waals surface area contributed by atoms with Gasteiger partial charge in [-0.25, -0.2) is 0 Å². The van der Waals surface area contributed by atoms with Crippen LogP contribution in [0.25, 0.3) is 0 Å². The summed E-state index contributed by atoms with van der Waals surface area (Å²) in [4.78, 5) is 4.13. The van der Waals surface area contributed by atoms with Crippen molar-refractivity contribution in [2.24, 2.45) is 0 Å². The predicted molar refractivity (Wildman–Crippen MR) is 79.8 cm³/mol. The fourth-order valence-corrected chi connectivity index (χ4v) is 2.79. The van der Waals surface area contributed by atoms with Gasteiger partial charge in [0, 0.05) is 17.8 Å². The molecule has 2 aromatic rings. The molecule has 0 fully saturated rings. The smallest absolute Gasteiger partial charge is 0.141 e. The Morgan fingerprint density at radius 2 is 2.32 bits per heavy atom. The van der Waals surface area contributed by atoms with Gasteiger partial charge in [0.2, 0.25) is 0 Å². The van der Waals surface area contributed by atoms with Gasteiger partial charge in [-0.3, -0.25) is 4.98 Å². The standard InChI is InChI=1S/C15H20N2OS/c1-3-6-17-14(9-12-5-8-19-11-12)13-4-7-16-10-15(13)18-2/h4-5,7-8,10-11,14,17H,3,6,9H2,1-2H3. The van der Waals surface area contributed by atoms with Crippen molar-refractivity contribution in [2.75, 3.05) is 13.7 Å². The summed E-state index contributed by atoms with van der Waals surface area (Å²) in [5.41, 5.74) is 2.54. The molecule has 0 radical (unpaired) electrons. The number of nitrogens with one attached hydrogen (secondary N) is 1. The molecule has 1 unspecified atom stereocenters. The fraction of sp³-hybridized carbons (Fsp3) is 0.400. The SMILES string of the molecule is CCCNC(Cc1ccsc1)c1ccncc1OC. The lowest BCUT2D eigenvalue weighted by Crippen LogP contribution is -2.24. The molecule has 3 nitrogen and oxygen atoms in total. The molecule has 2 heterocycles. The van der Waals surface area contributed by atoms with E-state index in [1.54, 1.807) is 24.6 Å². The quantitative estimate of drug-likeness (QED) is 0.841. The Morgan fingerprint density at radius 3 is 3.00 bits per heavy atom. The van der Waals surface area contributed by atoms with Gasteiger partial charge in [-0.05, 0) is 47.8 Å². The van der Waals surface area contributed by atoms with Crippen molar-refractivity contribution in [1.82, 2.24) is 10.3 Å². The molecule has 0 bridgehead atoms. The van der Waals surface area contributed by atoms with Gasteiger partial charge >= 0.3 is 0 Å². The van der Waals surface area contributed by atoms with E-state index in [1.165, 1.54) is 11.1 Å². The van der Waals surface area contributed by atoms with Crippen molar-refractivity contribution in [3.05, 3.63) is 46.4 Å². The van der Waals surface area contributed by atoms with Crippen LogP contribution in [0.1, 0.15) is 30.5 Å². The van der Waals surface area contributed by atoms with E-state index in [0.29, 0.717) is 0 Å². The van der Waals surface area contributed by atoms with Gasteiger partial charge in [-0.2, -0.15) is 11.3 Å². The number of thiophene rings is 1. The minimum absolute atomic E-state index is 0.271. The average Bonchev–Trinajstić information content (AvgIpc) is 2.96. The van der Waals surface area contributed by atoms with Crippen LogP contribution in [0.5, 0.6) is 5.75 Å². The Bertz CT molecular complexity index is 485. The van der Waals surface area contributed by atoms with E-state index in [-0.39, 0.29) is 6.04 Å². The molecule has 0 saturated heterocycles. The summed E-state index contributed by atoms with van der Waals surface area (Å²) >= 11 is 1.74. The van der Waals surface area contributed by atoms with Crippen LogP contribution in [0.2, 0.25) is 0 Å². The zero-order valence-corrected chi connectivity index (χ0v) is 12.2. The third kappa shape index (κ3) is 3.78. The first-order chi connectivity index (χ1) is 9.35. The van der Waals surface area contributed by atoms with E-state index in [4.69, 9.17) is 4.74 Å². The summed E-state index contributed by atoms with van der Waals surface area (Å²) in [5.74, 6) is 0.853. The van der Waals surface area contributed by atoms with E-state index in [2.05, 4.69) is 34.1 Å². The molecule has 0 aromatic carbocycles. The van der Waals surface area contributed by atoms with Crippen LogP contribution >= 0.6 is 11.3 Å². The second-order valence-electron chi connectivity index (χ2n) is 4.46. The molecule has 2 rings (SSSR count). The maximum absolute atomic E-state index is 5.43. The van der Waals surface area contributed by atoms with Crippen molar-refractivity contribution in [1.29, 1.82) is 0 Å². The highest BCUT2D eigenvalue weighted by molar-refractivity contribution is 7.07. The Morgan fingerprint density at radius 1 is 1.42 bits per heavy atom. The Balaban J connectivity index is 2.20. The number of hydrogen-bond donors (Lipinski definition) is 1. The molecule has 2 aromatic heterocycles. The summed E-state index contributed by atoms with van der Waals surface area (Å²) in [7, 11) is 1.70. The molecule has 0 aliphatic heterocycles. The van der Waals surface area contributed by atoms with E-state index in [1.807, 2.05) is 12.3 Å². The monoisotopic (exact) mass is 276 g/mol. The van der Waals surface area contributed by atoms with Crippen molar-refractivity contribution in [3.63, 3.8) is 0 Å². The Kier molecular flexibility index (Phi) is 5.36. The van der Waals surface area contributed by atoms with Gasteiger partial charge in [0.25, 0.3) is 0 Å². The largest absolute Gasteiger partial charge is 0.495 e. The van der Waals surface area contributed by atoms with E-state index in [0.717, 1.165) is 25.1 Å². The minimum atomic E-state index is 0.271. The van der Waals surface area contributed by atoms with Gasteiger partial charge in [0.15, 0.2) is 0 Å². The molecular formula is C15H20N2OS. The maximum Gasteiger partial charge on any atom is 0.141 e. The molecule has 0 spiro atoms. The first-order valence-corrected chi connectivity index (χ1v) is 7.51. The third-order valence-electron chi connectivity index (χ3n) is 3.07. The zero-order valence-electron chi connectivity index (χ0n) is 11.4. The highest BCUT2D eigenvalue weighted by Gasteiger charge is 2.16. The highest BCUT2D eigenvalue weighted by Crippen LogP contribution is 2.27. The Labute approximate surface area is 118 Å². The number of nitrogens with zero attached hydrogens (tertiary/aromatic N) is 1. The number of pyridine rings is 1. The first-order valence-electron chi connectivity index (χ1n) is 6.57. The third-order valence-corrected chi connectivity index (χ3v) is 3.80. The van der Waals surface area contributed by atoms with E-state index >= 15 is 0 Å². The predicted octanol–water partition coefficient (Wildman–Crippen LogP) is 3.44. The molecule has 19 heavy (non-hydrogen) atoms. The molecule has 1 N–H and O–H groups in total. The summed E-state index contributed by atoms with van der Waals surface area (Å²) in [6, 6.07) is 4.49. The van der Waals surface area contributed by atoms with Crippen LogP contribution in [0.3, 0.4) is 0 Å². The van der Waals surface area contributed by atoms with Crippen LogP contribution < -0.4 is 10.1 Å². The molecule has 0 aliphatic carbocycles. The van der Waals surface area contributed by atoms with Crippen molar-refractivity contribution < 1.29 is 4.74 Å². The first kappa shape index (κ1) is 14.0. The second kappa shape index (κ2) is 7.26. The Hall–Kier alpha value is -1.39. The fourth-order valence-electron chi connectivity index (χ4n) is 2.10. The van der Waals surface area contributed by atoms with Gasteiger partial charge in [-0.1, -0.05) is 6.92 Å². The molecule has 1 atom stereocenters. The molecule has 4 heteroatoms. The van der Waals surface area contributed by atoms with Crippen molar-refractivity contribution in [2.45, 2.75) is 25.8 Å². The molecule has 0 amide bonds. The van der Waals surface area contributed by atoms with Crippen LogP contribution in [-0.2, 0) is 6.42 Å². The summed E-state index contributed by atoms with van der Waals surface area (Å²) in [5, 5.41) is 7.92. The van der Waals surface area contributed by atoms with Crippen molar-refractivity contribution in [3.8, 4) is 5.75 Å². The lowest BCUT2D eigenvalue weighted by Gasteiger charge is -2.20. The average molecular weight is 276 g/mol. The molecular weight excluding hydrogens is 256 g/mol. The van der Waals surface area contributed by atoms with Crippen LogP contribution in [0, 0.1) is 0 Å². The number of ether oxygens (including phenoxy) is 1. The molecule has 102 valence electrons. The summed E-state index contributed by atoms with van der Waals surface area (Å²) in [6.07, 6.45) is 5.70. The lowest BCUT2D eigenvalue weighted by molar-refractivity contribution is 0.396. The van der Waals surface area contributed by atoms with Crippen molar-refractivity contribution >= 4 is 11.3 Å². The van der Waals surface area contributed by atoms with Gasteiger partial charge in [-0.15, -0.1) is 0 Å². The van der Waals surface area contributed by atoms with Crippen LogP contribution in [-0.4, -0.2) is 18.6 Å². The normalized spacial score (nSPS) is 12.3. The molecule has 0 aliphatic rings. The van der Waals surface area contributed by atoms with E-state index < -0.39 is 0 Å². The maximum atomic E-state index is 5.43. The van der Waals surface area contributed by atoms with Gasteiger partial charge in [0.1, 0.15) is 5.75 Å². The van der Waals surface area contributed by atoms with Crippen LogP contribution in [0.4, 0.5) is 0 Å². The summed E-state index contributed by atoms with van der Waals surface area (Å²) < 4.78 is 5.43. The number of methoxy groups -OCH3 is 1. The number of aromatic nitrogens is 1. The van der Waals surface area contributed by atoms with Crippen LogP contribution in [0.15, 0.2) is 35.3 Å². The number of hydrogen-bond acceptors (Lipinski definition) is 4. The number of rotatable bonds is 7. The summed E-state index contributed by atoms with van der Waals surface area (Å²) in [6.45, 7) is 3.18. The highest BCUT2D eigenvalue weighted by atomic mass is 32.1. The minimum Gasteiger partial charge on any atom is -0.495 e. The van der Waals surface area contributed by atoms with Gasteiger partial charge in [0.05, 0.1) is 13.3 Å².